The zero-order valence-electron chi connectivity index (χ0n) is 14.2. The van der Waals surface area contributed by atoms with E-state index in [1.807, 2.05) is 6.92 Å². The van der Waals surface area contributed by atoms with Crippen LogP contribution in [0.5, 0.6) is 17.2 Å². The van der Waals surface area contributed by atoms with E-state index in [4.69, 9.17) is 25.8 Å². The molecule has 0 fully saturated rings. The van der Waals surface area contributed by atoms with Crippen molar-refractivity contribution < 1.29 is 19.0 Å². The topological polar surface area (TPSA) is 69.2 Å². The smallest absolute Gasteiger partial charge is 0.271 e. The Kier molecular flexibility index (Phi) is 6.65. The molecular formula is C18H19ClN2O4. The maximum absolute atomic E-state index is 12.2. The molecule has 1 N–H and O–H groups in total. The molecule has 1 amide bonds. The number of hydrogen-bond donors (Lipinski definition) is 1. The summed E-state index contributed by atoms with van der Waals surface area (Å²) in [6.45, 7) is 2.39. The van der Waals surface area contributed by atoms with Crippen molar-refractivity contribution >= 4 is 23.7 Å². The molecule has 0 bridgehead atoms. The summed E-state index contributed by atoms with van der Waals surface area (Å²) in [5.74, 6) is 1.28. The Labute approximate surface area is 151 Å². The third kappa shape index (κ3) is 4.87. The molecule has 0 atom stereocenters. The second-order valence-corrected chi connectivity index (χ2v) is 5.30. The van der Waals surface area contributed by atoms with Crippen LogP contribution in [-0.2, 0) is 0 Å². The van der Waals surface area contributed by atoms with E-state index in [-0.39, 0.29) is 5.91 Å². The fourth-order valence-electron chi connectivity index (χ4n) is 2.08. The first-order valence-electron chi connectivity index (χ1n) is 7.56. The van der Waals surface area contributed by atoms with Crippen LogP contribution < -0.4 is 19.6 Å². The molecule has 132 valence electrons. The third-order valence-corrected chi connectivity index (χ3v) is 3.58. The zero-order valence-corrected chi connectivity index (χ0v) is 15.0. The average Bonchev–Trinajstić information content (AvgIpc) is 2.62. The molecule has 0 aliphatic heterocycles. The molecule has 0 heterocycles. The van der Waals surface area contributed by atoms with Gasteiger partial charge in [0.2, 0.25) is 0 Å². The number of amides is 1. The van der Waals surface area contributed by atoms with Crippen LogP contribution in [0.4, 0.5) is 0 Å². The fraction of sp³-hybridized carbons (Fsp3) is 0.222. The lowest BCUT2D eigenvalue weighted by Crippen LogP contribution is -2.17. The van der Waals surface area contributed by atoms with Gasteiger partial charge in [0.05, 0.1) is 32.1 Å². The molecule has 2 rings (SSSR count). The molecule has 0 radical (unpaired) electrons. The van der Waals surface area contributed by atoms with Gasteiger partial charge in [-0.25, -0.2) is 5.43 Å². The predicted octanol–water partition coefficient (Wildman–Crippen LogP) is 3.52. The van der Waals surface area contributed by atoms with E-state index in [9.17, 15) is 4.79 Å². The Hall–Kier alpha value is -2.73. The van der Waals surface area contributed by atoms with Crippen molar-refractivity contribution in [3.8, 4) is 17.2 Å². The van der Waals surface area contributed by atoms with Gasteiger partial charge in [-0.3, -0.25) is 4.79 Å². The van der Waals surface area contributed by atoms with Crippen LogP contribution in [-0.4, -0.2) is 32.9 Å². The average molecular weight is 363 g/mol. The summed E-state index contributed by atoms with van der Waals surface area (Å²) < 4.78 is 15.7. The highest BCUT2D eigenvalue weighted by Crippen LogP contribution is 2.28. The van der Waals surface area contributed by atoms with Crippen LogP contribution in [0.1, 0.15) is 22.8 Å². The number of hydrazone groups is 1. The summed E-state index contributed by atoms with van der Waals surface area (Å²) in [4.78, 5) is 12.2. The van der Waals surface area contributed by atoms with Crippen molar-refractivity contribution in [2.45, 2.75) is 6.92 Å². The summed E-state index contributed by atoms with van der Waals surface area (Å²) in [5, 5.41) is 4.40. The van der Waals surface area contributed by atoms with Gasteiger partial charge in [0.15, 0.2) is 11.5 Å². The van der Waals surface area contributed by atoms with Crippen LogP contribution >= 0.6 is 11.6 Å². The first kappa shape index (κ1) is 18.6. The number of ether oxygens (including phenoxy) is 3. The van der Waals surface area contributed by atoms with Gasteiger partial charge in [-0.15, -0.1) is 0 Å². The van der Waals surface area contributed by atoms with Crippen molar-refractivity contribution in [3.05, 3.63) is 52.5 Å². The Bertz CT molecular complexity index is 778. The molecule has 25 heavy (non-hydrogen) atoms. The van der Waals surface area contributed by atoms with Crippen LogP contribution in [0.3, 0.4) is 0 Å². The molecule has 2 aromatic rings. The monoisotopic (exact) mass is 362 g/mol. The van der Waals surface area contributed by atoms with E-state index >= 15 is 0 Å². The van der Waals surface area contributed by atoms with Gasteiger partial charge >= 0.3 is 0 Å². The highest BCUT2D eigenvalue weighted by atomic mass is 35.5. The number of carbonyl (C=O) groups excluding carboxylic acids is 1. The van der Waals surface area contributed by atoms with Gasteiger partial charge in [0.25, 0.3) is 5.91 Å². The summed E-state index contributed by atoms with van der Waals surface area (Å²) in [6.07, 6.45) is 1.50. The summed E-state index contributed by atoms with van der Waals surface area (Å²) in [5.41, 5.74) is 3.60. The lowest BCUT2D eigenvalue weighted by Gasteiger charge is -2.10. The number of rotatable bonds is 7. The third-order valence-electron chi connectivity index (χ3n) is 3.28. The molecule has 0 aliphatic rings. The van der Waals surface area contributed by atoms with E-state index < -0.39 is 0 Å². The van der Waals surface area contributed by atoms with Crippen LogP contribution in [0.25, 0.3) is 0 Å². The number of nitrogens with zero attached hydrogens (tertiary/aromatic N) is 1. The molecule has 0 aromatic heterocycles. The molecule has 0 saturated carbocycles. The molecule has 0 spiro atoms. The van der Waals surface area contributed by atoms with E-state index in [0.29, 0.717) is 34.4 Å². The Morgan fingerprint density at radius 2 is 1.84 bits per heavy atom. The number of nitrogens with one attached hydrogen (secondary N) is 1. The minimum Gasteiger partial charge on any atom is -0.495 e. The van der Waals surface area contributed by atoms with Crippen LogP contribution in [0.2, 0.25) is 5.02 Å². The number of halogens is 1. The molecule has 7 heteroatoms. The number of methoxy groups -OCH3 is 2. The highest BCUT2D eigenvalue weighted by Gasteiger charge is 2.10. The van der Waals surface area contributed by atoms with Gasteiger partial charge in [0.1, 0.15) is 5.75 Å². The van der Waals surface area contributed by atoms with Crippen molar-refractivity contribution in [3.63, 3.8) is 0 Å². The number of benzene rings is 2. The Morgan fingerprint density at radius 3 is 2.48 bits per heavy atom. The number of hydrogen-bond acceptors (Lipinski definition) is 5. The molecule has 0 saturated heterocycles. The maximum atomic E-state index is 12.2. The van der Waals surface area contributed by atoms with Crippen LogP contribution in [0.15, 0.2) is 41.5 Å². The lowest BCUT2D eigenvalue weighted by molar-refractivity contribution is 0.0954. The first-order chi connectivity index (χ1) is 12.1. The van der Waals surface area contributed by atoms with Crippen LogP contribution in [0, 0.1) is 0 Å². The van der Waals surface area contributed by atoms with Gasteiger partial charge in [-0.1, -0.05) is 11.6 Å². The van der Waals surface area contributed by atoms with E-state index in [1.54, 1.807) is 43.5 Å². The molecular weight excluding hydrogens is 344 g/mol. The normalized spacial score (nSPS) is 10.6. The van der Waals surface area contributed by atoms with E-state index in [0.717, 1.165) is 5.56 Å². The van der Waals surface area contributed by atoms with E-state index in [2.05, 4.69) is 10.5 Å². The largest absolute Gasteiger partial charge is 0.495 e. The van der Waals surface area contributed by atoms with Crippen molar-refractivity contribution in [2.75, 3.05) is 20.8 Å². The predicted molar refractivity (Wildman–Crippen MR) is 97.2 cm³/mol. The first-order valence-corrected chi connectivity index (χ1v) is 7.94. The summed E-state index contributed by atoms with van der Waals surface area (Å²) >= 11 is 6.04. The quantitative estimate of drug-likeness (QED) is 0.604. The SMILES string of the molecule is CCOc1ccc(C(=O)N/N=C/c2ccc(OC)c(Cl)c2)cc1OC. The van der Waals surface area contributed by atoms with Gasteiger partial charge in [-0.2, -0.15) is 5.10 Å². The van der Waals surface area contributed by atoms with Crippen molar-refractivity contribution in [1.29, 1.82) is 0 Å². The maximum Gasteiger partial charge on any atom is 0.271 e. The molecule has 2 aromatic carbocycles. The van der Waals surface area contributed by atoms with Crippen molar-refractivity contribution in [1.82, 2.24) is 5.43 Å². The highest BCUT2D eigenvalue weighted by molar-refractivity contribution is 6.32. The van der Waals surface area contributed by atoms with Crippen molar-refractivity contribution in [2.24, 2.45) is 5.10 Å². The fourth-order valence-corrected chi connectivity index (χ4v) is 2.34. The standard InChI is InChI=1S/C18H19ClN2O4/c1-4-25-16-8-6-13(10-17(16)24-3)18(22)21-20-11-12-5-7-15(23-2)14(19)9-12/h5-11H,4H2,1-3H3,(H,21,22)/b20-11+. The van der Waals surface area contributed by atoms with Gasteiger partial charge in [0, 0.05) is 5.56 Å². The second kappa shape index (κ2) is 8.94. The van der Waals surface area contributed by atoms with E-state index in [1.165, 1.54) is 13.3 Å². The molecule has 0 aliphatic carbocycles. The summed E-state index contributed by atoms with van der Waals surface area (Å²) in [6, 6.07) is 10.1. The Morgan fingerprint density at radius 1 is 1.12 bits per heavy atom. The van der Waals surface area contributed by atoms with Gasteiger partial charge < -0.3 is 14.2 Å². The lowest BCUT2D eigenvalue weighted by atomic mass is 10.2. The second-order valence-electron chi connectivity index (χ2n) is 4.89. The Balaban J connectivity index is 2.05. The van der Waals surface area contributed by atoms with Gasteiger partial charge in [-0.05, 0) is 48.9 Å². The zero-order chi connectivity index (χ0) is 18.2. The molecule has 0 unspecified atom stereocenters. The number of carbonyl (C=O) groups is 1. The molecule has 6 nitrogen and oxygen atoms in total. The minimum atomic E-state index is -0.364. The summed E-state index contributed by atoms with van der Waals surface area (Å²) in [7, 11) is 3.06. The minimum absolute atomic E-state index is 0.364.